The number of hydrogen-bond acceptors (Lipinski definition) is 4. The van der Waals surface area contributed by atoms with Crippen molar-refractivity contribution in [2.75, 3.05) is 13.2 Å². The third-order valence-corrected chi connectivity index (χ3v) is 2.92. The van der Waals surface area contributed by atoms with Gasteiger partial charge in [0.25, 0.3) is 0 Å². The molecule has 0 radical (unpaired) electrons. The maximum absolute atomic E-state index is 11.9. The van der Waals surface area contributed by atoms with Gasteiger partial charge in [0.2, 0.25) is 0 Å². The molecule has 1 aromatic heterocycles. The minimum absolute atomic E-state index is 0.174. The average Bonchev–Trinajstić information content (AvgIpc) is 2.83. The zero-order valence-corrected chi connectivity index (χ0v) is 11.5. The Labute approximate surface area is 109 Å². The molecule has 0 aliphatic carbocycles. The molecule has 0 bridgehead atoms. The van der Waals surface area contributed by atoms with Crippen LogP contribution in [0.3, 0.4) is 0 Å². The maximum atomic E-state index is 11.9. The van der Waals surface area contributed by atoms with Gasteiger partial charge < -0.3 is 10.1 Å². The number of carbonyl (C=O) groups is 1. The molecule has 1 N–H and O–H groups in total. The summed E-state index contributed by atoms with van der Waals surface area (Å²) in [7, 11) is 0. The molecule has 1 unspecified atom stereocenters. The van der Waals surface area contributed by atoms with E-state index in [1.807, 2.05) is 37.7 Å². The molecule has 18 heavy (non-hydrogen) atoms. The molecule has 0 aliphatic rings. The lowest BCUT2D eigenvalue weighted by atomic mass is 9.95. The molecular weight excluding hydrogens is 230 g/mol. The van der Waals surface area contributed by atoms with Gasteiger partial charge in [-0.25, -0.2) is 0 Å². The fourth-order valence-electron chi connectivity index (χ4n) is 1.97. The van der Waals surface area contributed by atoms with Crippen LogP contribution in [0.15, 0.2) is 18.5 Å². The van der Waals surface area contributed by atoms with Gasteiger partial charge in [0.05, 0.1) is 6.61 Å². The molecule has 102 valence electrons. The first-order valence-electron chi connectivity index (χ1n) is 6.52. The predicted molar refractivity (Wildman–Crippen MR) is 70.2 cm³/mol. The van der Waals surface area contributed by atoms with Crippen LogP contribution in [0, 0.1) is 0 Å². The molecule has 0 aliphatic heterocycles. The summed E-state index contributed by atoms with van der Waals surface area (Å²) in [5, 5.41) is 7.36. The van der Waals surface area contributed by atoms with Gasteiger partial charge >= 0.3 is 5.97 Å². The van der Waals surface area contributed by atoms with Crippen LogP contribution in [-0.2, 0) is 16.1 Å². The number of ether oxygens (including phenoxy) is 1. The monoisotopic (exact) mass is 253 g/mol. The first-order chi connectivity index (χ1) is 8.62. The van der Waals surface area contributed by atoms with Gasteiger partial charge in [-0.2, -0.15) is 5.10 Å². The molecule has 1 heterocycles. The first kappa shape index (κ1) is 14.7. The van der Waals surface area contributed by atoms with Crippen molar-refractivity contribution < 1.29 is 9.53 Å². The van der Waals surface area contributed by atoms with Crippen LogP contribution < -0.4 is 5.32 Å². The van der Waals surface area contributed by atoms with Crippen LogP contribution >= 0.6 is 0 Å². The van der Waals surface area contributed by atoms with E-state index in [4.69, 9.17) is 4.74 Å². The van der Waals surface area contributed by atoms with Crippen LogP contribution in [-0.4, -0.2) is 34.4 Å². The lowest BCUT2D eigenvalue weighted by Gasteiger charge is -2.28. The Hall–Kier alpha value is -1.36. The van der Waals surface area contributed by atoms with Crippen molar-refractivity contribution in [3.05, 3.63) is 18.5 Å². The fraction of sp³-hybridized carbons (Fsp3) is 0.692. The number of likely N-dealkylation sites (N-methyl/N-ethyl adjacent to an activating group) is 1. The highest BCUT2D eigenvalue weighted by molar-refractivity contribution is 5.80. The second kappa shape index (κ2) is 7.16. The van der Waals surface area contributed by atoms with Crippen LogP contribution in [0.5, 0.6) is 0 Å². The summed E-state index contributed by atoms with van der Waals surface area (Å²) in [4.78, 5) is 11.9. The van der Waals surface area contributed by atoms with Crippen molar-refractivity contribution in [1.29, 1.82) is 0 Å². The fourth-order valence-corrected chi connectivity index (χ4v) is 1.97. The average molecular weight is 253 g/mol. The predicted octanol–water partition coefficient (Wildman–Crippen LogP) is 1.59. The lowest BCUT2D eigenvalue weighted by molar-refractivity contribution is -0.150. The van der Waals surface area contributed by atoms with E-state index >= 15 is 0 Å². The van der Waals surface area contributed by atoms with Gasteiger partial charge in [-0.05, 0) is 39.3 Å². The topological polar surface area (TPSA) is 56.2 Å². The highest BCUT2D eigenvalue weighted by Crippen LogP contribution is 2.15. The molecule has 5 heteroatoms. The molecule has 0 saturated heterocycles. The van der Waals surface area contributed by atoms with Gasteiger partial charge in [0.1, 0.15) is 5.54 Å². The summed E-state index contributed by atoms with van der Waals surface area (Å²) in [6.07, 6.45) is 5.30. The Kier molecular flexibility index (Phi) is 5.85. The second-order valence-electron chi connectivity index (χ2n) is 4.46. The minimum atomic E-state index is -0.599. The van der Waals surface area contributed by atoms with Gasteiger partial charge in [-0.3, -0.25) is 9.48 Å². The van der Waals surface area contributed by atoms with E-state index in [-0.39, 0.29) is 5.97 Å². The molecule has 0 spiro atoms. The van der Waals surface area contributed by atoms with Crippen molar-refractivity contribution in [1.82, 2.24) is 15.1 Å². The number of carbonyl (C=O) groups excluding carboxylic acids is 1. The lowest BCUT2D eigenvalue weighted by Crippen LogP contribution is -2.50. The van der Waals surface area contributed by atoms with E-state index in [2.05, 4.69) is 10.4 Å². The van der Waals surface area contributed by atoms with E-state index in [0.717, 1.165) is 25.9 Å². The van der Waals surface area contributed by atoms with Crippen molar-refractivity contribution >= 4 is 5.97 Å². The quantitative estimate of drug-likeness (QED) is 0.715. The van der Waals surface area contributed by atoms with E-state index in [9.17, 15) is 4.79 Å². The molecule has 0 saturated carbocycles. The third-order valence-electron chi connectivity index (χ3n) is 2.92. The highest BCUT2D eigenvalue weighted by atomic mass is 16.5. The standard InChI is InChI=1S/C13H23N3O2/c1-4-14-13(3,12(17)18-5-2)8-6-10-16-11-7-9-15-16/h7,9,11,14H,4-6,8,10H2,1-3H3. The zero-order chi connectivity index (χ0) is 13.4. The number of hydrogen-bond donors (Lipinski definition) is 1. The Morgan fingerprint density at radius 2 is 2.28 bits per heavy atom. The van der Waals surface area contributed by atoms with Gasteiger partial charge in [-0.1, -0.05) is 6.92 Å². The minimum Gasteiger partial charge on any atom is -0.465 e. The number of nitrogens with zero attached hydrogens (tertiary/aromatic N) is 2. The van der Waals surface area contributed by atoms with Gasteiger partial charge in [0, 0.05) is 18.9 Å². The van der Waals surface area contributed by atoms with Crippen LogP contribution in [0.2, 0.25) is 0 Å². The zero-order valence-electron chi connectivity index (χ0n) is 11.5. The van der Waals surface area contributed by atoms with E-state index < -0.39 is 5.54 Å². The molecular formula is C13H23N3O2. The Balaban J connectivity index is 2.48. The third kappa shape index (κ3) is 4.14. The summed E-state index contributed by atoms with van der Waals surface area (Å²) in [6, 6.07) is 1.90. The van der Waals surface area contributed by atoms with Gasteiger partial charge in [-0.15, -0.1) is 0 Å². The molecule has 0 fully saturated rings. The summed E-state index contributed by atoms with van der Waals surface area (Å²) < 4.78 is 7.00. The number of rotatable bonds is 8. The van der Waals surface area contributed by atoms with Crippen molar-refractivity contribution in [3.63, 3.8) is 0 Å². The molecule has 1 atom stereocenters. The number of aromatic nitrogens is 2. The van der Waals surface area contributed by atoms with Crippen LogP contribution in [0.1, 0.15) is 33.6 Å². The summed E-state index contributed by atoms with van der Waals surface area (Å²) in [5.41, 5.74) is -0.599. The molecule has 0 aromatic carbocycles. The van der Waals surface area contributed by atoms with E-state index in [1.165, 1.54) is 0 Å². The summed E-state index contributed by atoms with van der Waals surface area (Å²) >= 11 is 0. The highest BCUT2D eigenvalue weighted by Gasteiger charge is 2.33. The number of esters is 1. The first-order valence-corrected chi connectivity index (χ1v) is 6.52. The van der Waals surface area contributed by atoms with E-state index in [1.54, 1.807) is 6.20 Å². The normalized spacial score (nSPS) is 14.2. The second-order valence-corrected chi connectivity index (χ2v) is 4.46. The number of nitrogens with one attached hydrogen (secondary N) is 1. The van der Waals surface area contributed by atoms with E-state index in [0.29, 0.717) is 6.61 Å². The maximum Gasteiger partial charge on any atom is 0.326 e. The number of aryl methyl sites for hydroxylation is 1. The largest absolute Gasteiger partial charge is 0.465 e. The molecule has 1 aromatic rings. The van der Waals surface area contributed by atoms with Crippen molar-refractivity contribution in [2.45, 2.75) is 45.7 Å². The SMILES string of the molecule is CCNC(C)(CCCn1cccn1)C(=O)OCC. The smallest absolute Gasteiger partial charge is 0.326 e. The Bertz CT molecular complexity index is 351. The van der Waals surface area contributed by atoms with Crippen molar-refractivity contribution in [3.8, 4) is 0 Å². The molecule has 1 rings (SSSR count). The Morgan fingerprint density at radius 1 is 1.50 bits per heavy atom. The molecule has 5 nitrogen and oxygen atoms in total. The van der Waals surface area contributed by atoms with Gasteiger partial charge in [0.15, 0.2) is 0 Å². The Morgan fingerprint density at radius 3 is 2.83 bits per heavy atom. The van der Waals surface area contributed by atoms with Crippen LogP contribution in [0.4, 0.5) is 0 Å². The van der Waals surface area contributed by atoms with Crippen LogP contribution in [0.25, 0.3) is 0 Å². The summed E-state index contributed by atoms with van der Waals surface area (Å²) in [5.74, 6) is -0.174. The summed E-state index contributed by atoms with van der Waals surface area (Å²) in [6.45, 7) is 7.69. The van der Waals surface area contributed by atoms with Crippen molar-refractivity contribution in [2.24, 2.45) is 0 Å². The molecule has 0 amide bonds.